The summed E-state index contributed by atoms with van der Waals surface area (Å²) in [6.07, 6.45) is 7.21. The maximum absolute atomic E-state index is 12.8. The van der Waals surface area contributed by atoms with Gasteiger partial charge in [-0.2, -0.15) is 5.10 Å². The predicted molar refractivity (Wildman–Crippen MR) is 146 cm³/mol. The smallest absolute Gasteiger partial charge is 0.410 e. The van der Waals surface area contributed by atoms with Crippen molar-refractivity contribution >= 4 is 28.0 Å². The van der Waals surface area contributed by atoms with Crippen molar-refractivity contribution in [3.8, 4) is 17.0 Å². The molecule has 10 nitrogen and oxygen atoms in total. The van der Waals surface area contributed by atoms with E-state index in [2.05, 4.69) is 5.10 Å². The average molecular weight is 531 g/mol. The summed E-state index contributed by atoms with van der Waals surface area (Å²) in [5.41, 5.74) is 3.33. The summed E-state index contributed by atoms with van der Waals surface area (Å²) in [6.45, 7) is 6.50. The summed E-state index contributed by atoms with van der Waals surface area (Å²) < 4.78 is 18.5. The number of ether oxygens (including phenoxy) is 3. The molecule has 1 atom stereocenters. The van der Waals surface area contributed by atoms with Crippen molar-refractivity contribution in [3.05, 3.63) is 42.5 Å². The minimum absolute atomic E-state index is 0.125. The molecule has 2 fully saturated rings. The van der Waals surface area contributed by atoms with Crippen LogP contribution >= 0.6 is 0 Å². The van der Waals surface area contributed by atoms with Crippen molar-refractivity contribution < 1.29 is 19.0 Å². The van der Waals surface area contributed by atoms with Crippen LogP contribution in [0.4, 0.5) is 4.79 Å². The zero-order valence-electron chi connectivity index (χ0n) is 23.1. The number of hydrogen-bond acceptors (Lipinski definition) is 8. The Hall–Kier alpha value is -3.79. The SMILES string of the molecule is COCOc1cc2nn(C)cc2cc1-c1ccc2nc(C3CCN(C(=O)OC(C)(C)C)C4(CC4)C3)ncc2n1. The van der Waals surface area contributed by atoms with Crippen molar-refractivity contribution in [2.45, 2.75) is 63.5 Å². The van der Waals surface area contributed by atoms with Crippen LogP contribution in [0.25, 0.3) is 33.2 Å². The Labute approximate surface area is 227 Å². The van der Waals surface area contributed by atoms with E-state index < -0.39 is 5.60 Å². The Kier molecular flexibility index (Phi) is 6.17. The summed E-state index contributed by atoms with van der Waals surface area (Å²) in [6, 6.07) is 7.89. The minimum Gasteiger partial charge on any atom is -0.467 e. The molecule has 2 aliphatic rings. The molecule has 1 saturated heterocycles. The summed E-state index contributed by atoms with van der Waals surface area (Å²) in [5.74, 6) is 1.66. The van der Waals surface area contributed by atoms with Gasteiger partial charge in [-0.25, -0.2) is 19.7 Å². The molecule has 1 aliphatic carbocycles. The van der Waals surface area contributed by atoms with Crippen molar-refractivity contribution in [1.29, 1.82) is 0 Å². The summed E-state index contributed by atoms with van der Waals surface area (Å²) in [7, 11) is 3.49. The maximum atomic E-state index is 12.8. The highest BCUT2D eigenvalue weighted by Gasteiger charge is 2.54. The second-order valence-corrected chi connectivity index (χ2v) is 11.6. The fourth-order valence-corrected chi connectivity index (χ4v) is 5.53. The number of carbonyl (C=O) groups excluding carboxylic acids is 1. The summed E-state index contributed by atoms with van der Waals surface area (Å²) >= 11 is 0. The van der Waals surface area contributed by atoms with Gasteiger partial charge in [0.1, 0.15) is 22.7 Å². The number of likely N-dealkylation sites (tertiary alicyclic amines) is 1. The van der Waals surface area contributed by atoms with Gasteiger partial charge in [-0.3, -0.25) is 4.68 Å². The number of aromatic nitrogens is 5. The van der Waals surface area contributed by atoms with Gasteiger partial charge < -0.3 is 19.1 Å². The van der Waals surface area contributed by atoms with E-state index in [0.29, 0.717) is 17.8 Å². The molecule has 4 heterocycles. The van der Waals surface area contributed by atoms with Gasteiger partial charge in [0, 0.05) is 55.4 Å². The van der Waals surface area contributed by atoms with Gasteiger partial charge in [0.25, 0.3) is 0 Å². The van der Waals surface area contributed by atoms with Crippen LogP contribution in [0.15, 0.2) is 36.7 Å². The number of carbonyl (C=O) groups is 1. The molecule has 0 bridgehead atoms. The number of hydrogen-bond donors (Lipinski definition) is 0. The van der Waals surface area contributed by atoms with E-state index in [4.69, 9.17) is 29.2 Å². The number of fused-ring (bicyclic) bond motifs is 2. The quantitative estimate of drug-likeness (QED) is 0.324. The van der Waals surface area contributed by atoms with E-state index in [1.54, 1.807) is 18.0 Å². The van der Waals surface area contributed by atoms with Crippen molar-refractivity contribution in [1.82, 2.24) is 29.6 Å². The first kappa shape index (κ1) is 25.5. The second kappa shape index (κ2) is 9.44. The number of benzene rings is 1. The number of pyridine rings is 1. The van der Waals surface area contributed by atoms with Gasteiger partial charge in [-0.05, 0) is 64.7 Å². The number of piperidine rings is 1. The van der Waals surface area contributed by atoms with Crippen molar-refractivity contribution in [3.63, 3.8) is 0 Å². The molecule has 1 unspecified atom stereocenters. The van der Waals surface area contributed by atoms with E-state index in [0.717, 1.165) is 59.2 Å². The monoisotopic (exact) mass is 530 g/mol. The maximum Gasteiger partial charge on any atom is 0.410 e. The normalized spacial score (nSPS) is 18.6. The molecule has 39 heavy (non-hydrogen) atoms. The number of aryl methyl sites for hydroxylation is 1. The van der Waals surface area contributed by atoms with Crippen LogP contribution in [0.5, 0.6) is 5.75 Å². The Bertz CT molecular complexity index is 1550. The summed E-state index contributed by atoms with van der Waals surface area (Å²) in [4.78, 5) is 29.3. The third-order valence-electron chi connectivity index (χ3n) is 7.49. The Morgan fingerprint density at radius 3 is 2.69 bits per heavy atom. The Balaban J connectivity index is 1.26. The Morgan fingerprint density at radius 2 is 1.95 bits per heavy atom. The van der Waals surface area contributed by atoms with Crippen LogP contribution in [0.3, 0.4) is 0 Å². The zero-order chi connectivity index (χ0) is 27.4. The highest BCUT2D eigenvalue weighted by molar-refractivity contribution is 5.88. The van der Waals surface area contributed by atoms with Crippen LogP contribution in [0, 0.1) is 0 Å². The van der Waals surface area contributed by atoms with E-state index in [-0.39, 0.29) is 24.3 Å². The highest BCUT2D eigenvalue weighted by atomic mass is 16.7. The third kappa shape index (κ3) is 5.01. The van der Waals surface area contributed by atoms with Crippen molar-refractivity contribution in [2.24, 2.45) is 7.05 Å². The molecule has 1 aliphatic heterocycles. The van der Waals surface area contributed by atoms with Gasteiger partial charge in [0.05, 0.1) is 22.9 Å². The topological polar surface area (TPSA) is 104 Å². The number of rotatable bonds is 5. The first-order chi connectivity index (χ1) is 18.6. The van der Waals surface area contributed by atoms with E-state index in [1.807, 2.05) is 63.2 Å². The molecule has 1 amide bonds. The average Bonchev–Trinajstić information content (AvgIpc) is 3.54. The first-order valence-electron chi connectivity index (χ1n) is 13.4. The zero-order valence-corrected chi connectivity index (χ0v) is 23.1. The van der Waals surface area contributed by atoms with Crippen LogP contribution in [-0.4, -0.2) is 67.3 Å². The van der Waals surface area contributed by atoms with Gasteiger partial charge in [0.2, 0.25) is 0 Å². The fraction of sp³-hybridized carbons (Fsp3) is 0.483. The lowest BCUT2D eigenvalue weighted by atomic mass is 9.88. The second-order valence-electron chi connectivity index (χ2n) is 11.6. The molecule has 1 saturated carbocycles. The van der Waals surface area contributed by atoms with Gasteiger partial charge in [-0.15, -0.1) is 0 Å². The van der Waals surface area contributed by atoms with Crippen LogP contribution in [0.1, 0.15) is 58.2 Å². The van der Waals surface area contributed by atoms with Gasteiger partial charge in [0.15, 0.2) is 6.79 Å². The standard InChI is InChI=1S/C29H34N6O4/c1-28(2,3)39-27(36)35-11-8-18(14-29(35)9-10-29)26-30-15-24-22(32-26)7-6-21(31-24)20-12-19-16-34(4)33-23(19)13-25(20)38-17-37-5/h6-7,12-13,15-16,18H,8-11,14,17H2,1-5H3. The van der Waals surface area contributed by atoms with Crippen molar-refractivity contribution in [2.75, 3.05) is 20.4 Å². The molecule has 1 aromatic carbocycles. The minimum atomic E-state index is -0.502. The van der Waals surface area contributed by atoms with E-state index >= 15 is 0 Å². The largest absolute Gasteiger partial charge is 0.467 e. The predicted octanol–water partition coefficient (Wildman–Crippen LogP) is 5.21. The molecule has 204 valence electrons. The van der Waals surface area contributed by atoms with Gasteiger partial charge >= 0.3 is 6.09 Å². The highest BCUT2D eigenvalue weighted by Crippen LogP contribution is 2.52. The Morgan fingerprint density at radius 1 is 1.13 bits per heavy atom. The number of methoxy groups -OCH3 is 1. The lowest BCUT2D eigenvalue weighted by molar-refractivity contribution is 0.00340. The molecule has 4 aromatic rings. The molecule has 3 aromatic heterocycles. The van der Waals surface area contributed by atoms with E-state index in [1.165, 1.54) is 0 Å². The molecular weight excluding hydrogens is 496 g/mol. The molecule has 6 rings (SSSR count). The molecule has 0 N–H and O–H groups in total. The van der Waals surface area contributed by atoms with E-state index in [9.17, 15) is 4.79 Å². The fourth-order valence-electron chi connectivity index (χ4n) is 5.53. The number of amides is 1. The van der Waals surface area contributed by atoms with Crippen LogP contribution in [-0.2, 0) is 16.5 Å². The van der Waals surface area contributed by atoms with Gasteiger partial charge in [-0.1, -0.05) is 0 Å². The number of nitrogens with zero attached hydrogens (tertiary/aromatic N) is 6. The lowest BCUT2D eigenvalue weighted by Crippen LogP contribution is -2.49. The molecule has 1 spiro atoms. The van der Waals surface area contributed by atoms with Crippen LogP contribution in [0.2, 0.25) is 0 Å². The molecular formula is C29H34N6O4. The first-order valence-corrected chi connectivity index (χ1v) is 13.4. The molecule has 10 heteroatoms. The third-order valence-corrected chi connectivity index (χ3v) is 7.49. The van der Waals surface area contributed by atoms with Crippen LogP contribution < -0.4 is 4.74 Å². The lowest BCUT2D eigenvalue weighted by Gasteiger charge is -2.40. The summed E-state index contributed by atoms with van der Waals surface area (Å²) in [5, 5.41) is 5.49. The molecule has 0 radical (unpaired) electrons.